The molecule has 2 aromatic heterocycles. The van der Waals surface area contributed by atoms with Gasteiger partial charge in [0.05, 0.1) is 24.1 Å². The number of benzene rings is 1. The van der Waals surface area contributed by atoms with E-state index < -0.39 is 24.6 Å². The number of anilines is 1. The Balaban J connectivity index is 1.72. The minimum atomic E-state index is -4.40. The predicted octanol–water partition coefficient (Wildman–Crippen LogP) is 2.50. The van der Waals surface area contributed by atoms with Gasteiger partial charge in [0.25, 0.3) is 0 Å². The number of halogens is 4. The lowest BCUT2D eigenvalue weighted by atomic mass is 10.1. The lowest BCUT2D eigenvalue weighted by molar-refractivity contribution is -0.142. The average Bonchev–Trinajstić information content (AvgIpc) is 3.08. The molecule has 7 nitrogen and oxygen atoms in total. The molecule has 142 valence electrons. The summed E-state index contributed by atoms with van der Waals surface area (Å²) < 4.78 is 58.3. The Kier molecular flexibility index (Phi) is 4.38. The Morgan fingerprint density at radius 1 is 1.19 bits per heavy atom. The van der Waals surface area contributed by atoms with Crippen LogP contribution in [0.25, 0.3) is 10.9 Å². The number of hydrogen-bond donors (Lipinski definition) is 0. The van der Waals surface area contributed by atoms with E-state index in [0.717, 1.165) is 11.0 Å². The van der Waals surface area contributed by atoms with E-state index in [2.05, 4.69) is 20.1 Å². The molecule has 0 unspecified atom stereocenters. The summed E-state index contributed by atoms with van der Waals surface area (Å²) in [4.78, 5) is 14.0. The molecule has 0 aliphatic carbocycles. The molecule has 0 spiro atoms. The fourth-order valence-corrected chi connectivity index (χ4v) is 3.06. The topological polar surface area (TPSA) is 69.0 Å². The summed E-state index contributed by atoms with van der Waals surface area (Å²) in [5.74, 6) is 0.00419. The van der Waals surface area contributed by atoms with Crippen molar-refractivity contribution < 1.29 is 22.3 Å². The maximum atomic E-state index is 14.4. The largest absolute Gasteiger partial charge is 0.408 e. The van der Waals surface area contributed by atoms with Crippen LogP contribution >= 0.6 is 0 Å². The Labute approximate surface area is 150 Å². The molecule has 1 aliphatic heterocycles. The van der Waals surface area contributed by atoms with Crippen molar-refractivity contribution in [1.29, 1.82) is 0 Å². The second-order valence-corrected chi connectivity index (χ2v) is 6.03. The fraction of sp³-hybridized carbons (Fsp3) is 0.375. The maximum absolute atomic E-state index is 14.4. The SMILES string of the molecule is Fc1cccc2ncnc(N3CCOC[C@@H]3c3ncn(CC(F)(F)F)n3)c12. The lowest BCUT2D eigenvalue weighted by Gasteiger charge is -2.35. The van der Waals surface area contributed by atoms with Gasteiger partial charge >= 0.3 is 6.18 Å². The normalized spacial score (nSPS) is 18.2. The highest BCUT2D eigenvalue weighted by Gasteiger charge is 2.33. The third-order valence-electron chi connectivity index (χ3n) is 4.19. The van der Waals surface area contributed by atoms with Gasteiger partial charge in [0.1, 0.15) is 36.9 Å². The molecule has 1 aliphatic rings. The summed E-state index contributed by atoms with van der Waals surface area (Å²) in [5, 5.41) is 4.16. The van der Waals surface area contributed by atoms with Gasteiger partial charge in [-0.05, 0) is 12.1 Å². The van der Waals surface area contributed by atoms with Crippen LogP contribution < -0.4 is 4.90 Å². The van der Waals surface area contributed by atoms with Crippen LogP contribution in [-0.2, 0) is 11.3 Å². The van der Waals surface area contributed by atoms with Gasteiger partial charge in [0.2, 0.25) is 0 Å². The molecule has 0 saturated carbocycles. The maximum Gasteiger partial charge on any atom is 0.408 e. The minimum absolute atomic E-state index is 0.149. The van der Waals surface area contributed by atoms with Crippen LogP contribution in [-0.4, -0.2) is 50.7 Å². The summed E-state index contributed by atoms with van der Waals surface area (Å²) in [6.45, 7) is -0.368. The number of nitrogens with zero attached hydrogens (tertiary/aromatic N) is 6. The summed E-state index contributed by atoms with van der Waals surface area (Å²) in [5.41, 5.74) is 0.431. The quantitative estimate of drug-likeness (QED) is 0.649. The Morgan fingerprint density at radius 3 is 2.85 bits per heavy atom. The van der Waals surface area contributed by atoms with Crippen LogP contribution in [0.3, 0.4) is 0 Å². The highest BCUT2D eigenvalue weighted by atomic mass is 19.4. The van der Waals surface area contributed by atoms with Crippen LogP contribution in [0.4, 0.5) is 23.4 Å². The number of ether oxygens (including phenoxy) is 1. The molecule has 0 amide bonds. The van der Waals surface area contributed by atoms with E-state index in [1.807, 2.05) is 0 Å². The molecule has 4 rings (SSSR count). The number of rotatable bonds is 3. The number of fused-ring (bicyclic) bond motifs is 1. The second-order valence-electron chi connectivity index (χ2n) is 6.03. The number of hydrogen-bond acceptors (Lipinski definition) is 6. The average molecular weight is 382 g/mol. The zero-order chi connectivity index (χ0) is 19.0. The zero-order valence-corrected chi connectivity index (χ0v) is 13.9. The standard InChI is InChI=1S/C16H14F4N6O/c17-10-2-1-3-11-13(10)15(22-8-21-11)26-4-5-27-6-12(26)14-23-9-25(24-14)7-16(18,19)20/h1-3,8-9,12H,4-7H2/t12-/m1/s1. The summed E-state index contributed by atoms with van der Waals surface area (Å²) in [6, 6.07) is 3.92. The Hall–Kier alpha value is -2.82. The van der Waals surface area contributed by atoms with E-state index >= 15 is 0 Å². The van der Waals surface area contributed by atoms with Gasteiger partial charge in [0.15, 0.2) is 5.82 Å². The van der Waals surface area contributed by atoms with Crippen LogP contribution in [0.2, 0.25) is 0 Å². The van der Waals surface area contributed by atoms with Crippen LogP contribution in [0.1, 0.15) is 11.9 Å². The molecule has 0 bridgehead atoms. The smallest absolute Gasteiger partial charge is 0.377 e. The molecule has 27 heavy (non-hydrogen) atoms. The molecular weight excluding hydrogens is 368 g/mol. The summed E-state index contributed by atoms with van der Waals surface area (Å²) in [7, 11) is 0. The minimum Gasteiger partial charge on any atom is -0.377 e. The van der Waals surface area contributed by atoms with Gasteiger partial charge in [-0.25, -0.2) is 24.0 Å². The molecular formula is C16H14F4N6O. The van der Waals surface area contributed by atoms with Crippen LogP contribution in [0, 0.1) is 5.82 Å². The first-order valence-corrected chi connectivity index (χ1v) is 8.12. The van der Waals surface area contributed by atoms with Gasteiger partial charge in [-0.2, -0.15) is 18.3 Å². The monoisotopic (exact) mass is 382 g/mol. The van der Waals surface area contributed by atoms with Crippen molar-refractivity contribution in [2.75, 3.05) is 24.7 Å². The third kappa shape index (κ3) is 3.54. The molecule has 1 atom stereocenters. The molecule has 3 heterocycles. The zero-order valence-electron chi connectivity index (χ0n) is 13.9. The first-order valence-electron chi connectivity index (χ1n) is 8.12. The van der Waals surface area contributed by atoms with E-state index in [9.17, 15) is 17.6 Å². The Morgan fingerprint density at radius 2 is 2.04 bits per heavy atom. The van der Waals surface area contributed by atoms with Crippen molar-refractivity contribution in [1.82, 2.24) is 24.7 Å². The van der Waals surface area contributed by atoms with E-state index in [0.29, 0.717) is 24.5 Å². The molecule has 1 fully saturated rings. The van der Waals surface area contributed by atoms with Crippen molar-refractivity contribution >= 4 is 16.7 Å². The van der Waals surface area contributed by atoms with Crippen molar-refractivity contribution in [3.8, 4) is 0 Å². The van der Waals surface area contributed by atoms with Gasteiger partial charge in [0, 0.05) is 6.54 Å². The predicted molar refractivity (Wildman–Crippen MR) is 86.5 cm³/mol. The van der Waals surface area contributed by atoms with E-state index in [-0.39, 0.29) is 17.8 Å². The van der Waals surface area contributed by atoms with E-state index in [1.54, 1.807) is 17.0 Å². The Bertz CT molecular complexity index is 954. The summed E-state index contributed by atoms with van der Waals surface area (Å²) >= 11 is 0. The van der Waals surface area contributed by atoms with Gasteiger partial charge in [-0.15, -0.1) is 0 Å². The van der Waals surface area contributed by atoms with Gasteiger partial charge in [-0.3, -0.25) is 0 Å². The van der Waals surface area contributed by atoms with Crippen LogP contribution in [0.5, 0.6) is 0 Å². The number of alkyl halides is 3. The van der Waals surface area contributed by atoms with E-state index in [4.69, 9.17) is 4.74 Å². The fourth-order valence-electron chi connectivity index (χ4n) is 3.06. The molecule has 0 radical (unpaired) electrons. The highest BCUT2D eigenvalue weighted by Crippen LogP contribution is 2.32. The molecule has 1 aromatic carbocycles. The van der Waals surface area contributed by atoms with Crippen molar-refractivity contribution in [3.05, 3.63) is 42.5 Å². The number of morpholine rings is 1. The van der Waals surface area contributed by atoms with Crippen molar-refractivity contribution in [3.63, 3.8) is 0 Å². The van der Waals surface area contributed by atoms with Gasteiger partial charge in [-0.1, -0.05) is 6.07 Å². The second kappa shape index (κ2) is 6.72. The van der Waals surface area contributed by atoms with Gasteiger partial charge < -0.3 is 9.64 Å². The first-order chi connectivity index (χ1) is 12.9. The molecule has 0 N–H and O–H groups in total. The van der Waals surface area contributed by atoms with E-state index in [1.165, 1.54) is 12.4 Å². The molecule has 1 saturated heterocycles. The van der Waals surface area contributed by atoms with Crippen LogP contribution in [0.15, 0.2) is 30.9 Å². The van der Waals surface area contributed by atoms with Crippen molar-refractivity contribution in [2.45, 2.75) is 18.8 Å². The molecule has 3 aromatic rings. The first kappa shape index (κ1) is 17.6. The number of aromatic nitrogens is 5. The highest BCUT2D eigenvalue weighted by molar-refractivity contribution is 5.90. The lowest BCUT2D eigenvalue weighted by Crippen LogP contribution is -2.41. The molecule has 11 heteroatoms. The summed E-state index contributed by atoms with van der Waals surface area (Å²) in [6.07, 6.45) is -2.06. The van der Waals surface area contributed by atoms with Crippen molar-refractivity contribution in [2.24, 2.45) is 0 Å². The third-order valence-corrected chi connectivity index (χ3v) is 4.19.